The molecule has 0 spiro atoms. The third-order valence-electron chi connectivity index (χ3n) is 2.10. The van der Waals surface area contributed by atoms with Crippen molar-refractivity contribution < 1.29 is 32.2 Å². The Labute approximate surface area is 90.1 Å². The van der Waals surface area contributed by atoms with Crippen LogP contribution in [0.15, 0.2) is 0 Å². The van der Waals surface area contributed by atoms with Crippen LogP contribution < -0.4 is 0 Å². The Morgan fingerprint density at radius 1 is 0.938 bits per heavy atom. The van der Waals surface area contributed by atoms with E-state index in [0.717, 1.165) is 0 Å². The van der Waals surface area contributed by atoms with Crippen LogP contribution in [0, 0.1) is 0 Å². The largest absolute Gasteiger partial charge is 0.453 e. The molecule has 16 heavy (non-hydrogen) atoms. The van der Waals surface area contributed by atoms with Crippen molar-refractivity contribution in [3.05, 3.63) is 0 Å². The van der Waals surface area contributed by atoms with E-state index in [2.05, 4.69) is 0 Å². The lowest BCUT2D eigenvalue weighted by molar-refractivity contribution is -0.290. The highest BCUT2D eigenvalue weighted by Gasteiger charge is 2.57. The number of hydrogen-bond donors (Lipinski definition) is 2. The van der Waals surface area contributed by atoms with E-state index in [1.807, 2.05) is 0 Å². The number of unbranched alkanes of at least 4 members (excludes halogenated alkanes) is 2. The average molecular weight is 250 g/mol. The van der Waals surface area contributed by atoms with Gasteiger partial charge in [0.15, 0.2) is 0 Å². The molecule has 0 saturated carbocycles. The summed E-state index contributed by atoms with van der Waals surface area (Å²) >= 11 is 0. The van der Waals surface area contributed by atoms with Gasteiger partial charge in [-0.25, -0.2) is 0 Å². The van der Waals surface area contributed by atoms with Crippen LogP contribution in [0.1, 0.15) is 32.1 Å². The second-order valence-corrected chi connectivity index (χ2v) is 3.63. The average Bonchev–Trinajstić information content (AvgIpc) is 2.10. The van der Waals surface area contributed by atoms with Crippen LogP contribution in [0.2, 0.25) is 0 Å². The van der Waals surface area contributed by atoms with Gasteiger partial charge < -0.3 is 10.2 Å². The van der Waals surface area contributed by atoms with Crippen LogP contribution in [0.3, 0.4) is 0 Å². The summed E-state index contributed by atoms with van der Waals surface area (Å²) in [5.41, 5.74) is 0. The quantitative estimate of drug-likeness (QED) is 0.538. The number of halogens is 5. The van der Waals surface area contributed by atoms with Crippen LogP contribution in [0.4, 0.5) is 22.0 Å². The van der Waals surface area contributed by atoms with Crippen LogP contribution in [0.25, 0.3) is 0 Å². The van der Waals surface area contributed by atoms with Gasteiger partial charge >= 0.3 is 12.1 Å². The van der Waals surface area contributed by atoms with Crippen molar-refractivity contribution in [2.24, 2.45) is 0 Å². The van der Waals surface area contributed by atoms with E-state index in [4.69, 9.17) is 10.2 Å². The predicted octanol–water partition coefficient (Wildman–Crippen LogP) is 2.49. The zero-order valence-corrected chi connectivity index (χ0v) is 8.60. The Hall–Kier alpha value is -0.430. The van der Waals surface area contributed by atoms with Gasteiger partial charge in [-0.1, -0.05) is 12.8 Å². The molecule has 0 aliphatic heterocycles. The summed E-state index contributed by atoms with van der Waals surface area (Å²) in [4.78, 5) is 0. The van der Waals surface area contributed by atoms with E-state index in [0.29, 0.717) is 19.3 Å². The molecular weight excluding hydrogens is 235 g/mol. The van der Waals surface area contributed by atoms with Crippen molar-refractivity contribution in [3.8, 4) is 0 Å². The van der Waals surface area contributed by atoms with Crippen molar-refractivity contribution in [1.82, 2.24) is 0 Å². The molecule has 1 unspecified atom stereocenters. The number of hydrogen-bond acceptors (Lipinski definition) is 2. The molecule has 0 fully saturated rings. The summed E-state index contributed by atoms with van der Waals surface area (Å²) in [6.07, 6.45) is -7.75. The van der Waals surface area contributed by atoms with Gasteiger partial charge in [0.1, 0.15) is 0 Å². The maximum absolute atomic E-state index is 12.4. The minimum Gasteiger partial charge on any atom is -0.396 e. The molecule has 7 heteroatoms. The maximum Gasteiger partial charge on any atom is 0.453 e. The van der Waals surface area contributed by atoms with Gasteiger partial charge in [-0.2, -0.15) is 22.0 Å². The maximum atomic E-state index is 12.4. The van der Waals surface area contributed by atoms with E-state index in [1.54, 1.807) is 0 Å². The molecule has 0 aromatic heterocycles. The topological polar surface area (TPSA) is 40.5 Å². The molecule has 2 nitrogen and oxygen atoms in total. The summed E-state index contributed by atoms with van der Waals surface area (Å²) in [5.74, 6) is -4.84. The van der Waals surface area contributed by atoms with E-state index in [9.17, 15) is 22.0 Å². The highest BCUT2D eigenvalue weighted by Crippen LogP contribution is 2.39. The molecule has 0 amide bonds. The lowest BCUT2D eigenvalue weighted by atomic mass is 10.0. The lowest BCUT2D eigenvalue weighted by Crippen LogP contribution is -2.39. The summed E-state index contributed by atoms with van der Waals surface area (Å²) in [5, 5.41) is 17.4. The first-order chi connectivity index (χ1) is 7.20. The Kier molecular flexibility index (Phi) is 6.17. The zero-order chi connectivity index (χ0) is 12.8. The Bertz CT molecular complexity index is 193. The lowest BCUT2D eigenvalue weighted by Gasteiger charge is -2.22. The molecule has 0 heterocycles. The van der Waals surface area contributed by atoms with Crippen LogP contribution >= 0.6 is 0 Å². The zero-order valence-electron chi connectivity index (χ0n) is 8.60. The molecule has 0 aromatic carbocycles. The van der Waals surface area contributed by atoms with E-state index >= 15 is 0 Å². The summed E-state index contributed by atoms with van der Waals surface area (Å²) in [6.45, 7) is -0.0607. The van der Waals surface area contributed by atoms with Crippen molar-refractivity contribution >= 4 is 0 Å². The smallest absolute Gasteiger partial charge is 0.396 e. The molecule has 0 saturated heterocycles. The van der Waals surface area contributed by atoms with Gasteiger partial charge in [0.25, 0.3) is 0 Å². The molecule has 0 aromatic rings. The van der Waals surface area contributed by atoms with Gasteiger partial charge in [-0.15, -0.1) is 0 Å². The fourth-order valence-electron chi connectivity index (χ4n) is 1.18. The molecule has 0 radical (unpaired) electrons. The molecular formula is C9H15F5O2. The fraction of sp³-hybridized carbons (Fsp3) is 1.00. The second-order valence-electron chi connectivity index (χ2n) is 3.63. The minimum atomic E-state index is -5.61. The van der Waals surface area contributed by atoms with Crippen molar-refractivity contribution in [1.29, 1.82) is 0 Å². The predicted molar refractivity (Wildman–Crippen MR) is 47.2 cm³/mol. The molecule has 0 rings (SSSR count). The van der Waals surface area contributed by atoms with Crippen molar-refractivity contribution in [2.45, 2.75) is 50.3 Å². The van der Waals surface area contributed by atoms with Gasteiger partial charge in [-0.05, 0) is 12.8 Å². The third-order valence-corrected chi connectivity index (χ3v) is 2.10. The second kappa shape index (κ2) is 6.34. The molecule has 0 bridgehead atoms. The number of alkyl halides is 5. The first kappa shape index (κ1) is 15.6. The summed E-state index contributed by atoms with van der Waals surface area (Å²) in [7, 11) is 0. The fourth-order valence-corrected chi connectivity index (χ4v) is 1.18. The van der Waals surface area contributed by atoms with E-state index in [1.165, 1.54) is 0 Å². The van der Waals surface area contributed by atoms with E-state index < -0.39 is 24.6 Å². The van der Waals surface area contributed by atoms with Gasteiger partial charge in [0.05, 0.1) is 6.10 Å². The number of aliphatic hydroxyl groups excluding tert-OH is 2. The molecule has 98 valence electrons. The molecule has 0 aliphatic rings. The highest BCUT2D eigenvalue weighted by molar-refractivity contribution is 4.79. The minimum absolute atomic E-state index is 0.0607. The SMILES string of the molecule is OCCCCCC(O)CC(F)(F)C(F)(F)F. The monoisotopic (exact) mass is 250 g/mol. The van der Waals surface area contributed by atoms with Crippen LogP contribution in [-0.2, 0) is 0 Å². The first-order valence-corrected chi connectivity index (χ1v) is 4.94. The van der Waals surface area contributed by atoms with Crippen LogP contribution in [0.5, 0.6) is 0 Å². The van der Waals surface area contributed by atoms with Crippen LogP contribution in [-0.4, -0.2) is 35.0 Å². The number of aliphatic hydroxyl groups is 2. The van der Waals surface area contributed by atoms with Gasteiger partial charge in [0.2, 0.25) is 0 Å². The highest BCUT2D eigenvalue weighted by atomic mass is 19.4. The van der Waals surface area contributed by atoms with Gasteiger partial charge in [0, 0.05) is 13.0 Å². The van der Waals surface area contributed by atoms with Crippen molar-refractivity contribution in [3.63, 3.8) is 0 Å². The standard InChI is InChI=1S/C9H15F5O2/c10-8(11,9(12,13)14)6-7(16)4-2-1-3-5-15/h7,15-16H,1-6H2. The van der Waals surface area contributed by atoms with Crippen molar-refractivity contribution in [2.75, 3.05) is 6.61 Å². The summed E-state index contributed by atoms with van der Waals surface area (Å²) in [6, 6.07) is 0. The molecule has 0 aliphatic carbocycles. The summed E-state index contributed by atoms with van der Waals surface area (Å²) < 4.78 is 60.1. The Morgan fingerprint density at radius 2 is 1.50 bits per heavy atom. The molecule has 1 atom stereocenters. The number of rotatable bonds is 7. The first-order valence-electron chi connectivity index (χ1n) is 4.94. The Morgan fingerprint density at radius 3 is 1.94 bits per heavy atom. The third kappa shape index (κ3) is 5.60. The van der Waals surface area contributed by atoms with E-state index in [-0.39, 0.29) is 13.0 Å². The van der Waals surface area contributed by atoms with Gasteiger partial charge in [-0.3, -0.25) is 0 Å². The molecule has 2 N–H and O–H groups in total. The normalized spacial score (nSPS) is 15.2. The Balaban J connectivity index is 3.90.